The van der Waals surface area contributed by atoms with Gasteiger partial charge in [0.15, 0.2) is 0 Å². The topological polar surface area (TPSA) is 0 Å². The minimum absolute atomic E-state index is 0. The quantitative estimate of drug-likeness (QED) is 0.150. The normalized spacial score (nSPS) is 16.9. The van der Waals surface area contributed by atoms with Gasteiger partial charge in [0.1, 0.15) is 0 Å². The summed E-state index contributed by atoms with van der Waals surface area (Å²) in [6, 6.07) is 31.7. The molecule has 0 spiro atoms. The van der Waals surface area contributed by atoms with E-state index < -0.39 is 7.92 Å². The second-order valence-corrected chi connectivity index (χ2v) is 19.8. The summed E-state index contributed by atoms with van der Waals surface area (Å²) in [4.78, 5) is 0. The van der Waals surface area contributed by atoms with E-state index in [-0.39, 0.29) is 35.3 Å². The van der Waals surface area contributed by atoms with Crippen LogP contribution in [0.15, 0.2) is 133 Å². The number of fused-ring (bicyclic) bond motifs is 2. The van der Waals surface area contributed by atoms with E-state index >= 15 is 0 Å². The molecule has 0 amide bonds. The molecule has 0 aliphatic heterocycles. The molecule has 0 heterocycles. The number of hydrogen-bond acceptors (Lipinski definition) is 0. The van der Waals surface area contributed by atoms with Crippen LogP contribution < -0.4 is 10.6 Å². The van der Waals surface area contributed by atoms with Gasteiger partial charge in [-0.2, -0.15) is 0 Å². The zero-order valence-corrected chi connectivity index (χ0v) is 29.6. The largest absolute Gasteiger partial charge is 0.0918 e. The summed E-state index contributed by atoms with van der Waals surface area (Å²) in [7, 11) is -0.966. The fourth-order valence-corrected chi connectivity index (χ4v) is 15.3. The molecule has 224 valence electrons. The Balaban J connectivity index is 0.000000641. The minimum Gasteiger partial charge on any atom is -0.0918 e. The molecule has 0 N–H and O–H groups in total. The Morgan fingerprint density at radius 3 is 1.53 bits per heavy atom. The van der Waals surface area contributed by atoms with Crippen molar-refractivity contribution in [2.75, 3.05) is 0 Å². The van der Waals surface area contributed by atoms with Gasteiger partial charge in [0.2, 0.25) is 0 Å². The molecule has 0 aromatic heterocycles. The Morgan fingerprint density at radius 2 is 1.09 bits per heavy atom. The average Bonchev–Trinajstić information content (AvgIpc) is 3.68. The summed E-state index contributed by atoms with van der Waals surface area (Å²) < 4.78 is 0. The predicted octanol–water partition coefficient (Wildman–Crippen LogP) is 11.5. The summed E-state index contributed by atoms with van der Waals surface area (Å²) in [6.07, 6.45) is 16.8. The van der Waals surface area contributed by atoms with Gasteiger partial charge in [-0.25, -0.2) is 0 Å². The third-order valence-electron chi connectivity index (χ3n) is 8.23. The molecule has 0 saturated heterocycles. The van der Waals surface area contributed by atoms with Gasteiger partial charge in [0, 0.05) is 23.0 Å². The molecule has 43 heavy (non-hydrogen) atoms. The zero-order valence-electron chi connectivity index (χ0n) is 26.7. The number of rotatable bonds is 5. The van der Waals surface area contributed by atoms with Crippen molar-refractivity contribution in [3.05, 3.63) is 133 Å². The van der Waals surface area contributed by atoms with Crippen LogP contribution in [0.5, 0.6) is 0 Å². The fourth-order valence-electron chi connectivity index (χ4n) is 7.11. The van der Waals surface area contributed by atoms with Crippen LogP contribution in [-0.2, 0) is 17.1 Å². The second-order valence-electron chi connectivity index (χ2n) is 13.4. The van der Waals surface area contributed by atoms with E-state index in [9.17, 15) is 0 Å². The minimum atomic E-state index is -0.711. The molecule has 2 aliphatic rings. The first-order valence-corrected chi connectivity index (χ1v) is 18.1. The first-order chi connectivity index (χ1) is 20.1. The van der Waals surface area contributed by atoms with Crippen molar-refractivity contribution >= 4 is 48.0 Å². The van der Waals surface area contributed by atoms with Crippen molar-refractivity contribution in [3.8, 4) is 0 Å². The summed E-state index contributed by atoms with van der Waals surface area (Å²) in [5, 5.41) is 10.6. The Bertz CT molecular complexity index is 1550. The summed E-state index contributed by atoms with van der Waals surface area (Å²) in [5.41, 5.74) is 0.593. The maximum Gasteiger partial charge on any atom is 0.00971 e. The Morgan fingerprint density at radius 1 is 0.628 bits per heavy atom. The first kappa shape index (κ1) is 33.6. The van der Waals surface area contributed by atoms with Gasteiger partial charge < -0.3 is 0 Å². The van der Waals surface area contributed by atoms with E-state index in [4.69, 9.17) is 0 Å². The van der Waals surface area contributed by atoms with Gasteiger partial charge in [0.05, 0.1) is 0 Å². The zero-order chi connectivity index (χ0) is 29.9. The van der Waals surface area contributed by atoms with Crippen molar-refractivity contribution in [1.29, 1.82) is 0 Å². The SMILES string of the molecule is C1=CCC=C1.CC(C1C=CC=C1P(c1cccc2ccccc12)c1cccc2ccccc12)P(C(C)(C)C)C(C)(C)C.[Fe]. The van der Waals surface area contributed by atoms with Crippen LogP contribution >= 0.6 is 15.8 Å². The van der Waals surface area contributed by atoms with E-state index in [0.717, 1.165) is 6.42 Å². The summed E-state index contributed by atoms with van der Waals surface area (Å²) in [6.45, 7) is 17.3. The van der Waals surface area contributed by atoms with Gasteiger partial charge >= 0.3 is 0 Å². The van der Waals surface area contributed by atoms with Crippen molar-refractivity contribution < 1.29 is 17.1 Å². The van der Waals surface area contributed by atoms with E-state index in [2.05, 4.69) is 176 Å². The molecular formula is C40H46FeP2. The van der Waals surface area contributed by atoms with Crippen molar-refractivity contribution in [1.82, 2.24) is 0 Å². The maximum atomic E-state index is 2.54. The maximum absolute atomic E-state index is 2.54. The molecule has 0 fully saturated rings. The fraction of sp³-hybridized carbons (Fsp3) is 0.300. The Kier molecular flexibility index (Phi) is 11.1. The molecule has 4 aromatic carbocycles. The third-order valence-corrected chi connectivity index (χ3v) is 15.0. The van der Waals surface area contributed by atoms with Crippen molar-refractivity contribution in [2.45, 2.75) is 70.9 Å². The Labute approximate surface area is 273 Å². The third kappa shape index (κ3) is 7.52. The van der Waals surface area contributed by atoms with Crippen LogP contribution in [0.3, 0.4) is 0 Å². The smallest absolute Gasteiger partial charge is 0.00971 e. The Hall–Kier alpha value is -2.26. The molecule has 2 atom stereocenters. The van der Waals surface area contributed by atoms with Gasteiger partial charge in [-0.1, -0.05) is 184 Å². The second kappa shape index (κ2) is 14.2. The molecule has 6 rings (SSSR count). The van der Waals surface area contributed by atoms with Gasteiger partial charge in [0.25, 0.3) is 0 Å². The van der Waals surface area contributed by atoms with E-state index in [1.807, 2.05) is 0 Å². The van der Waals surface area contributed by atoms with Gasteiger partial charge in [-0.3, -0.25) is 0 Å². The molecule has 0 radical (unpaired) electrons. The van der Waals surface area contributed by atoms with Crippen LogP contribution in [0, 0.1) is 5.92 Å². The molecule has 2 unspecified atom stereocenters. The molecule has 2 aliphatic carbocycles. The van der Waals surface area contributed by atoms with Crippen molar-refractivity contribution in [2.24, 2.45) is 5.92 Å². The molecule has 3 heteroatoms. The standard InChI is InChI=1S/C35H40P2.C5H6.Fe/c1-25(37(34(2,3)4)35(5,6)7)28-21-14-24-31(28)36(32-22-12-17-26-15-8-10-19-29(26)32)33-23-13-18-27-16-9-11-20-30(27)33;1-2-4-5-3-1;/h8-25,28H,1-7H3;1-4H,5H2;. The van der Waals surface area contributed by atoms with Gasteiger partial charge in [-0.15, -0.1) is 0 Å². The summed E-state index contributed by atoms with van der Waals surface area (Å²) in [5.74, 6) is 0.452. The van der Waals surface area contributed by atoms with Crippen LogP contribution in [0.1, 0.15) is 54.9 Å². The molecular weight excluding hydrogens is 598 g/mol. The number of benzene rings is 4. The summed E-state index contributed by atoms with van der Waals surface area (Å²) >= 11 is 0. The van der Waals surface area contributed by atoms with Gasteiger partial charge in [-0.05, 0) is 67.8 Å². The number of allylic oxidation sites excluding steroid dienone is 8. The van der Waals surface area contributed by atoms with Crippen LogP contribution in [0.25, 0.3) is 21.5 Å². The first-order valence-electron chi connectivity index (χ1n) is 15.3. The van der Waals surface area contributed by atoms with Crippen LogP contribution in [0.2, 0.25) is 0 Å². The molecule has 0 saturated carbocycles. The predicted molar refractivity (Wildman–Crippen MR) is 194 cm³/mol. The molecule has 0 bridgehead atoms. The van der Waals surface area contributed by atoms with E-state index in [1.165, 1.54) is 32.2 Å². The van der Waals surface area contributed by atoms with E-state index in [1.54, 1.807) is 5.31 Å². The van der Waals surface area contributed by atoms with Crippen molar-refractivity contribution in [3.63, 3.8) is 0 Å². The number of hydrogen-bond donors (Lipinski definition) is 0. The monoisotopic (exact) mass is 644 g/mol. The average molecular weight is 645 g/mol. The van der Waals surface area contributed by atoms with E-state index in [0.29, 0.717) is 11.6 Å². The van der Waals surface area contributed by atoms with Crippen LogP contribution in [-0.4, -0.2) is 16.0 Å². The molecule has 4 aromatic rings. The molecule has 0 nitrogen and oxygen atoms in total. The van der Waals surface area contributed by atoms with Crippen LogP contribution in [0.4, 0.5) is 0 Å².